The molecule has 0 N–H and O–H groups in total. The van der Waals surface area contributed by atoms with Crippen LogP contribution in [0.25, 0.3) is 10.2 Å². The molecule has 19 heavy (non-hydrogen) atoms. The van der Waals surface area contributed by atoms with Crippen LogP contribution in [0.4, 0.5) is 0 Å². The molecule has 0 aliphatic heterocycles. The largest absolute Gasteiger partial charge is 0.477 e. The Morgan fingerprint density at radius 3 is 2.79 bits per heavy atom. The second-order valence-corrected chi connectivity index (χ2v) is 6.21. The lowest BCUT2D eigenvalue weighted by molar-refractivity contribution is 0.297. The first-order valence-electron chi connectivity index (χ1n) is 6.77. The summed E-state index contributed by atoms with van der Waals surface area (Å²) in [6.45, 7) is 4.96. The van der Waals surface area contributed by atoms with Gasteiger partial charge in [-0.3, -0.25) is 0 Å². The Kier molecular flexibility index (Phi) is 5.40. The predicted molar refractivity (Wildman–Crippen MR) is 81.4 cm³/mol. The highest BCUT2D eigenvalue weighted by atomic mass is 35.5. The number of halogens is 1. The maximum Gasteiger partial charge on any atom is 0.227 e. The van der Waals surface area contributed by atoms with Crippen LogP contribution in [-0.2, 0) is 0 Å². The number of ether oxygens (including phenoxy) is 1. The number of unbranched alkanes of at least 4 members (excludes halogenated alkanes) is 4. The molecule has 0 aliphatic carbocycles. The van der Waals surface area contributed by atoms with Crippen molar-refractivity contribution in [3.8, 4) is 5.88 Å². The van der Waals surface area contributed by atoms with E-state index in [1.807, 2.05) is 0 Å². The SMILES string of the molecule is CCCCCCCOc1nc(Cl)nc2sc(C)cc12. The van der Waals surface area contributed by atoms with Crippen molar-refractivity contribution in [2.45, 2.75) is 46.0 Å². The number of fused-ring (bicyclic) bond motifs is 1. The zero-order valence-corrected chi connectivity index (χ0v) is 13.0. The molecule has 2 heterocycles. The third-order valence-electron chi connectivity index (χ3n) is 2.94. The fraction of sp³-hybridized carbons (Fsp3) is 0.571. The maximum atomic E-state index is 5.92. The first-order valence-corrected chi connectivity index (χ1v) is 7.96. The number of hydrogen-bond acceptors (Lipinski definition) is 4. The van der Waals surface area contributed by atoms with Crippen LogP contribution in [0.5, 0.6) is 5.88 Å². The minimum absolute atomic E-state index is 0.260. The highest BCUT2D eigenvalue weighted by molar-refractivity contribution is 7.18. The van der Waals surface area contributed by atoms with Crippen LogP contribution >= 0.6 is 22.9 Å². The summed E-state index contributed by atoms with van der Waals surface area (Å²) >= 11 is 7.53. The Morgan fingerprint density at radius 2 is 2.00 bits per heavy atom. The van der Waals surface area contributed by atoms with E-state index in [0.717, 1.165) is 16.6 Å². The molecule has 0 atom stereocenters. The lowest BCUT2D eigenvalue weighted by Crippen LogP contribution is -2.00. The fourth-order valence-corrected chi connectivity index (χ4v) is 3.06. The quantitative estimate of drug-likeness (QED) is 0.533. The Morgan fingerprint density at radius 1 is 1.21 bits per heavy atom. The van der Waals surface area contributed by atoms with E-state index in [1.54, 1.807) is 11.3 Å². The van der Waals surface area contributed by atoms with E-state index in [9.17, 15) is 0 Å². The molecule has 0 unspecified atom stereocenters. The molecule has 0 aromatic carbocycles. The first kappa shape index (κ1) is 14.5. The van der Waals surface area contributed by atoms with Gasteiger partial charge in [0.1, 0.15) is 4.83 Å². The summed E-state index contributed by atoms with van der Waals surface area (Å²) < 4.78 is 5.76. The van der Waals surface area contributed by atoms with Crippen molar-refractivity contribution in [3.05, 3.63) is 16.2 Å². The molecule has 0 aliphatic rings. The van der Waals surface area contributed by atoms with Crippen LogP contribution in [0, 0.1) is 6.92 Å². The molecule has 0 spiro atoms. The normalized spacial score (nSPS) is 11.1. The van der Waals surface area contributed by atoms with Gasteiger partial charge in [0.15, 0.2) is 0 Å². The third kappa shape index (κ3) is 4.05. The van der Waals surface area contributed by atoms with Crippen LogP contribution in [0.1, 0.15) is 43.9 Å². The van der Waals surface area contributed by atoms with Gasteiger partial charge in [0.05, 0.1) is 12.0 Å². The molecule has 0 saturated heterocycles. The number of hydrogen-bond donors (Lipinski definition) is 0. The van der Waals surface area contributed by atoms with Crippen molar-refractivity contribution in [1.29, 1.82) is 0 Å². The van der Waals surface area contributed by atoms with Gasteiger partial charge in [0.2, 0.25) is 11.2 Å². The Hall–Kier alpha value is -0.870. The zero-order valence-electron chi connectivity index (χ0n) is 11.4. The highest BCUT2D eigenvalue weighted by Crippen LogP contribution is 2.30. The minimum Gasteiger partial charge on any atom is -0.477 e. The highest BCUT2D eigenvalue weighted by Gasteiger charge is 2.10. The van der Waals surface area contributed by atoms with Crippen LogP contribution in [0.15, 0.2) is 6.07 Å². The third-order valence-corrected chi connectivity index (χ3v) is 4.05. The van der Waals surface area contributed by atoms with E-state index < -0.39 is 0 Å². The van der Waals surface area contributed by atoms with Crippen molar-refractivity contribution in [2.75, 3.05) is 6.61 Å². The lowest BCUT2D eigenvalue weighted by Gasteiger charge is -2.06. The van der Waals surface area contributed by atoms with Crippen LogP contribution in [-0.4, -0.2) is 16.6 Å². The van der Waals surface area contributed by atoms with Gasteiger partial charge in [0, 0.05) is 4.88 Å². The van der Waals surface area contributed by atoms with Gasteiger partial charge >= 0.3 is 0 Å². The number of thiophene rings is 1. The van der Waals surface area contributed by atoms with Gasteiger partial charge in [-0.25, -0.2) is 4.98 Å². The Bertz CT molecular complexity index is 541. The van der Waals surface area contributed by atoms with Crippen molar-refractivity contribution in [2.24, 2.45) is 0 Å². The van der Waals surface area contributed by atoms with E-state index in [-0.39, 0.29) is 5.28 Å². The molecular formula is C14H19ClN2OS. The number of aromatic nitrogens is 2. The number of rotatable bonds is 7. The molecule has 0 amide bonds. The summed E-state index contributed by atoms with van der Waals surface area (Å²) in [6, 6.07) is 2.06. The molecule has 2 rings (SSSR count). The minimum atomic E-state index is 0.260. The molecule has 104 valence electrons. The molecular weight excluding hydrogens is 280 g/mol. The summed E-state index contributed by atoms with van der Waals surface area (Å²) in [7, 11) is 0. The van der Waals surface area contributed by atoms with Crippen molar-refractivity contribution in [3.63, 3.8) is 0 Å². The van der Waals surface area contributed by atoms with Gasteiger partial charge in [-0.1, -0.05) is 32.6 Å². The molecule has 0 saturated carbocycles. The average molecular weight is 299 g/mol. The molecule has 0 bridgehead atoms. The van der Waals surface area contributed by atoms with E-state index in [1.165, 1.54) is 30.6 Å². The zero-order chi connectivity index (χ0) is 13.7. The second-order valence-electron chi connectivity index (χ2n) is 4.64. The first-order chi connectivity index (χ1) is 9.20. The van der Waals surface area contributed by atoms with Crippen molar-refractivity contribution in [1.82, 2.24) is 9.97 Å². The molecule has 0 radical (unpaired) electrons. The topological polar surface area (TPSA) is 35.0 Å². The van der Waals surface area contributed by atoms with Crippen LogP contribution in [0.2, 0.25) is 5.28 Å². The molecule has 3 nitrogen and oxygen atoms in total. The summed E-state index contributed by atoms with van der Waals surface area (Å²) in [5.74, 6) is 0.620. The maximum absolute atomic E-state index is 5.92. The second kappa shape index (κ2) is 7.06. The molecule has 0 fully saturated rings. The van der Waals surface area contributed by atoms with E-state index in [4.69, 9.17) is 16.3 Å². The van der Waals surface area contributed by atoms with Gasteiger partial charge in [0.25, 0.3) is 0 Å². The lowest BCUT2D eigenvalue weighted by atomic mass is 10.2. The molecule has 2 aromatic rings. The van der Waals surface area contributed by atoms with E-state index >= 15 is 0 Å². The standard InChI is InChI=1S/C14H19ClN2OS/c1-3-4-5-6-7-8-18-12-11-9-10(2)19-13(11)17-14(15)16-12/h9H,3-8H2,1-2H3. The number of aryl methyl sites for hydroxylation is 1. The van der Waals surface area contributed by atoms with E-state index in [0.29, 0.717) is 12.5 Å². The molecule has 5 heteroatoms. The fourth-order valence-electron chi connectivity index (χ4n) is 1.98. The summed E-state index contributed by atoms with van der Waals surface area (Å²) in [5, 5.41) is 1.23. The van der Waals surface area contributed by atoms with E-state index in [2.05, 4.69) is 29.9 Å². The van der Waals surface area contributed by atoms with Gasteiger partial charge in [-0.05, 0) is 31.0 Å². The van der Waals surface area contributed by atoms with Gasteiger partial charge < -0.3 is 4.74 Å². The van der Waals surface area contributed by atoms with Crippen molar-refractivity contribution < 1.29 is 4.74 Å². The van der Waals surface area contributed by atoms with Gasteiger partial charge in [-0.2, -0.15) is 4.98 Å². The summed E-state index contributed by atoms with van der Waals surface area (Å²) in [4.78, 5) is 10.5. The Balaban J connectivity index is 1.96. The summed E-state index contributed by atoms with van der Waals surface area (Å²) in [5.41, 5.74) is 0. The molecule has 2 aromatic heterocycles. The number of nitrogens with zero attached hydrogens (tertiary/aromatic N) is 2. The smallest absolute Gasteiger partial charge is 0.227 e. The van der Waals surface area contributed by atoms with Crippen LogP contribution < -0.4 is 4.74 Å². The van der Waals surface area contributed by atoms with Crippen molar-refractivity contribution >= 4 is 33.2 Å². The monoisotopic (exact) mass is 298 g/mol. The summed E-state index contributed by atoms with van der Waals surface area (Å²) in [6.07, 6.45) is 6.10. The van der Waals surface area contributed by atoms with Gasteiger partial charge in [-0.15, -0.1) is 11.3 Å². The Labute approximate surface area is 123 Å². The average Bonchev–Trinajstić information content (AvgIpc) is 2.73. The predicted octanol–water partition coefficient (Wildman–Crippen LogP) is 5.00. The van der Waals surface area contributed by atoms with Crippen LogP contribution in [0.3, 0.4) is 0 Å².